The van der Waals surface area contributed by atoms with Crippen molar-refractivity contribution < 1.29 is 9.53 Å². The molecule has 1 amide bonds. The Kier molecular flexibility index (Phi) is 2.60. The summed E-state index contributed by atoms with van der Waals surface area (Å²) in [7, 11) is 0. The minimum atomic E-state index is 0.0154. The molecule has 4 heteroatoms. The Morgan fingerprint density at radius 2 is 2.05 bits per heavy atom. The number of hydrogen-bond acceptors (Lipinski definition) is 3. The first-order valence-electron chi connectivity index (χ1n) is 7.08. The molecule has 0 saturated carbocycles. The number of amides is 1. The van der Waals surface area contributed by atoms with Gasteiger partial charge in [0.05, 0.1) is 24.8 Å². The SMILES string of the molecule is O=C1CNC(c2ccccc2)N1C1CC2CCC1O2. The molecular formula is C15H18N2O2. The van der Waals surface area contributed by atoms with Gasteiger partial charge in [-0.3, -0.25) is 10.1 Å². The average molecular weight is 258 g/mol. The maximum atomic E-state index is 12.2. The molecule has 1 aromatic carbocycles. The van der Waals surface area contributed by atoms with Crippen molar-refractivity contribution in [1.82, 2.24) is 10.2 Å². The van der Waals surface area contributed by atoms with Crippen LogP contribution in [0.2, 0.25) is 0 Å². The number of carbonyl (C=O) groups is 1. The summed E-state index contributed by atoms with van der Waals surface area (Å²) in [6, 6.07) is 10.5. The molecule has 3 aliphatic rings. The number of ether oxygens (including phenoxy) is 1. The fourth-order valence-electron chi connectivity index (χ4n) is 3.71. The average Bonchev–Trinajstić information content (AvgIpc) is 3.14. The second-order valence-electron chi connectivity index (χ2n) is 5.67. The third kappa shape index (κ3) is 1.78. The summed E-state index contributed by atoms with van der Waals surface area (Å²) in [5.74, 6) is 0.204. The Balaban J connectivity index is 1.63. The molecule has 0 aliphatic carbocycles. The van der Waals surface area contributed by atoms with Crippen molar-refractivity contribution >= 4 is 5.91 Å². The highest BCUT2D eigenvalue weighted by Gasteiger charge is 2.48. The van der Waals surface area contributed by atoms with Crippen LogP contribution >= 0.6 is 0 Å². The molecule has 4 unspecified atom stereocenters. The monoisotopic (exact) mass is 258 g/mol. The van der Waals surface area contributed by atoms with Crippen molar-refractivity contribution in [1.29, 1.82) is 0 Å². The van der Waals surface area contributed by atoms with E-state index in [2.05, 4.69) is 17.4 Å². The minimum Gasteiger partial charge on any atom is -0.373 e. The third-order valence-electron chi connectivity index (χ3n) is 4.56. The van der Waals surface area contributed by atoms with Gasteiger partial charge >= 0.3 is 0 Å². The molecule has 100 valence electrons. The Morgan fingerprint density at radius 1 is 1.21 bits per heavy atom. The van der Waals surface area contributed by atoms with Crippen LogP contribution in [0.25, 0.3) is 0 Å². The number of rotatable bonds is 2. The first kappa shape index (κ1) is 11.4. The van der Waals surface area contributed by atoms with E-state index in [1.165, 1.54) is 0 Å². The molecule has 2 bridgehead atoms. The Morgan fingerprint density at radius 3 is 2.74 bits per heavy atom. The van der Waals surface area contributed by atoms with Gasteiger partial charge in [-0.15, -0.1) is 0 Å². The van der Waals surface area contributed by atoms with Crippen molar-refractivity contribution in [3.05, 3.63) is 35.9 Å². The van der Waals surface area contributed by atoms with Crippen LogP contribution < -0.4 is 5.32 Å². The molecule has 3 saturated heterocycles. The fourth-order valence-corrected chi connectivity index (χ4v) is 3.71. The summed E-state index contributed by atoms with van der Waals surface area (Å²) in [5.41, 5.74) is 1.16. The topological polar surface area (TPSA) is 41.6 Å². The van der Waals surface area contributed by atoms with E-state index in [4.69, 9.17) is 4.74 Å². The molecule has 4 nitrogen and oxygen atoms in total. The maximum absolute atomic E-state index is 12.2. The van der Waals surface area contributed by atoms with Gasteiger partial charge in [-0.05, 0) is 24.8 Å². The normalized spacial score (nSPS) is 37.3. The fraction of sp³-hybridized carbons (Fsp3) is 0.533. The van der Waals surface area contributed by atoms with E-state index in [-0.39, 0.29) is 24.2 Å². The molecule has 1 N–H and O–H groups in total. The molecule has 1 aromatic rings. The molecule has 3 heterocycles. The molecule has 3 aliphatic heterocycles. The number of benzene rings is 1. The van der Waals surface area contributed by atoms with Gasteiger partial charge in [0.2, 0.25) is 5.91 Å². The lowest BCUT2D eigenvalue weighted by Gasteiger charge is -2.34. The molecular weight excluding hydrogens is 240 g/mol. The standard InChI is InChI=1S/C15H18N2O2/c18-14-9-16-15(10-4-2-1-3-5-10)17(14)12-8-11-6-7-13(12)19-11/h1-5,11-13,15-16H,6-9H2. The smallest absolute Gasteiger partial charge is 0.238 e. The van der Waals surface area contributed by atoms with E-state index >= 15 is 0 Å². The minimum absolute atomic E-state index is 0.0154. The highest BCUT2D eigenvalue weighted by molar-refractivity contribution is 5.81. The van der Waals surface area contributed by atoms with Gasteiger partial charge in [-0.25, -0.2) is 0 Å². The molecule has 0 spiro atoms. The van der Waals surface area contributed by atoms with Crippen LogP contribution in [0.4, 0.5) is 0 Å². The number of hydrogen-bond donors (Lipinski definition) is 1. The van der Waals surface area contributed by atoms with E-state index in [1.54, 1.807) is 0 Å². The lowest BCUT2D eigenvalue weighted by atomic mass is 9.93. The van der Waals surface area contributed by atoms with Gasteiger partial charge in [0, 0.05) is 0 Å². The summed E-state index contributed by atoms with van der Waals surface area (Å²) in [6.07, 6.45) is 3.90. The van der Waals surface area contributed by atoms with Crippen LogP contribution in [0.15, 0.2) is 30.3 Å². The Labute approximate surface area is 112 Å². The second kappa shape index (κ2) is 4.32. The van der Waals surface area contributed by atoms with E-state index in [0.29, 0.717) is 12.6 Å². The van der Waals surface area contributed by atoms with E-state index in [1.807, 2.05) is 23.1 Å². The van der Waals surface area contributed by atoms with Crippen LogP contribution in [0.3, 0.4) is 0 Å². The van der Waals surface area contributed by atoms with Crippen molar-refractivity contribution in [3.63, 3.8) is 0 Å². The van der Waals surface area contributed by atoms with Crippen LogP contribution in [-0.2, 0) is 9.53 Å². The van der Waals surface area contributed by atoms with Gasteiger partial charge < -0.3 is 9.64 Å². The molecule has 19 heavy (non-hydrogen) atoms. The zero-order valence-electron chi connectivity index (χ0n) is 10.8. The highest BCUT2D eigenvalue weighted by atomic mass is 16.5. The summed E-state index contributed by atoms with van der Waals surface area (Å²) < 4.78 is 5.91. The number of nitrogens with zero attached hydrogens (tertiary/aromatic N) is 1. The lowest BCUT2D eigenvalue weighted by Crippen LogP contribution is -2.45. The maximum Gasteiger partial charge on any atom is 0.238 e. The van der Waals surface area contributed by atoms with Crippen molar-refractivity contribution in [2.24, 2.45) is 0 Å². The Hall–Kier alpha value is -1.39. The van der Waals surface area contributed by atoms with Gasteiger partial charge in [-0.2, -0.15) is 0 Å². The summed E-state index contributed by atoms with van der Waals surface area (Å²) in [6.45, 7) is 0.438. The van der Waals surface area contributed by atoms with E-state index in [0.717, 1.165) is 24.8 Å². The molecule has 0 radical (unpaired) electrons. The van der Waals surface area contributed by atoms with E-state index in [9.17, 15) is 4.79 Å². The third-order valence-corrected chi connectivity index (χ3v) is 4.56. The quantitative estimate of drug-likeness (QED) is 0.872. The predicted molar refractivity (Wildman–Crippen MR) is 70.3 cm³/mol. The van der Waals surface area contributed by atoms with Crippen molar-refractivity contribution in [3.8, 4) is 0 Å². The first-order chi connectivity index (χ1) is 9.33. The number of nitrogens with one attached hydrogen (secondary N) is 1. The van der Waals surface area contributed by atoms with Gasteiger partial charge in [-0.1, -0.05) is 30.3 Å². The largest absolute Gasteiger partial charge is 0.373 e. The number of carbonyl (C=O) groups excluding carboxylic acids is 1. The predicted octanol–water partition coefficient (Wildman–Crippen LogP) is 1.44. The lowest BCUT2D eigenvalue weighted by molar-refractivity contribution is -0.131. The molecule has 4 rings (SSSR count). The van der Waals surface area contributed by atoms with Crippen LogP contribution in [0, 0.1) is 0 Å². The first-order valence-corrected chi connectivity index (χ1v) is 7.08. The molecule has 4 atom stereocenters. The van der Waals surface area contributed by atoms with Gasteiger partial charge in [0.25, 0.3) is 0 Å². The summed E-state index contributed by atoms with van der Waals surface area (Å²) in [4.78, 5) is 14.3. The zero-order chi connectivity index (χ0) is 12.8. The Bertz CT molecular complexity index is 490. The second-order valence-corrected chi connectivity index (χ2v) is 5.67. The summed E-state index contributed by atoms with van der Waals surface area (Å²) >= 11 is 0. The number of fused-ring (bicyclic) bond motifs is 2. The molecule has 3 fully saturated rings. The van der Waals surface area contributed by atoms with Gasteiger partial charge in [0.15, 0.2) is 0 Å². The molecule has 0 aromatic heterocycles. The summed E-state index contributed by atoms with van der Waals surface area (Å²) in [5, 5.41) is 3.33. The zero-order valence-corrected chi connectivity index (χ0v) is 10.8. The highest BCUT2D eigenvalue weighted by Crippen LogP contribution is 2.40. The van der Waals surface area contributed by atoms with Gasteiger partial charge in [0.1, 0.15) is 6.17 Å². The van der Waals surface area contributed by atoms with Crippen LogP contribution in [0.1, 0.15) is 31.0 Å². The van der Waals surface area contributed by atoms with E-state index < -0.39 is 0 Å². The van der Waals surface area contributed by atoms with Crippen LogP contribution in [0.5, 0.6) is 0 Å². The van der Waals surface area contributed by atoms with Crippen molar-refractivity contribution in [2.45, 2.75) is 43.7 Å². The van der Waals surface area contributed by atoms with Crippen molar-refractivity contribution in [2.75, 3.05) is 6.54 Å². The van der Waals surface area contributed by atoms with Crippen LogP contribution in [-0.4, -0.2) is 35.6 Å².